The quantitative estimate of drug-likeness (QED) is 0.789. The number of aryl methyl sites for hydroxylation is 1. The summed E-state index contributed by atoms with van der Waals surface area (Å²) in [4.78, 5) is 18.5. The van der Waals surface area contributed by atoms with E-state index in [1.165, 1.54) is 11.3 Å². The largest absolute Gasteiger partial charge is 0.363 e. The van der Waals surface area contributed by atoms with Crippen molar-refractivity contribution in [3.8, 4) is 0 Å². The molecule has 1 N–H and O–H groups in total. The number of carbonyl (C=O) groups excluding carboxylic acids is 1. The fourth-order valence-corrected chi connectivity index (χ4v) is 2.96. The first-order valence-corrected chi connectivity index (χ1v) is 9.19. The summed E-state index contributed by atoms with van der Waals surface area (Å²) in [5, 5.41) is 7.62. The molecule has 0 radical (unpaired) electrons. The number of nitrogens with zero attached hydrogens (tertiary/aromatic N) is 4. The first-order chi connectivity index (χ1) is 12.3. The van der Waals surface area contributed by atoms with Crippen LogP contribution in [0.3, 0.4) is 0 Å². The molecule has 0 aliphatic carbocycles. The molecule has 2 aromatic rings. The fourth-order valence-electron chi connectivity index (χ4n) is 2.96. The minimum absolute atomic E-state index is 0.0589. The number of pyridine rings is 1. The summed E-state index contributed by atoms with van der Waals surface area (Å²) >= 11 is 0. The van der Waals surface area contributed by atoms with E-state index in [0.717, 1.165) is 30.0 Å². The average molecular weight is 358 g/mol. The predicted molar refractivity (Wildman–Crippen MR) is 105 cm³/mol. The lowest BCUT2D eigenvalue weighted by molar-refractivity contribution is -0.121. The molecule has 0 bridgehead atoms. The van der Waals surface area contributed by atoms with Crippen LogP contribution in [0.1, 0.15) is 42.8 Å². The first kappa shape index (κ1) is 19.9. The Bertz CT molecular complexity index is 749. The third-order valence-electron chi connectivity index (χ3n) is 4.43. The Morgan fingerprint density at radius 1 is 1.31 bits per heavy atom. The number of aromatic nitrogens is 3. The average Bonchev–Trinajstić information content (AvgIpc) is 2.84. The number of carbonyl (C=O) groups is 1. The molecule has 0 saturated heterocycles. The van der Waals surface area contributed by atoms with E-state index in [1.54, 1.807) is 6.20 Å². The van der Waals surface area contributed by atoms with Crippen LogP contribution in [0.2, 0.25) is 0 Å². The minimum atomic E-state index is 0.0589. The van der Waals surface area contributed by atoms with Gasteiger partial charge in [-0.05, 0) is 49.4 Å². The summed E-state index contributed by atoms with van der Waals surface area (Å²) in [5.74, 6) is 1.50. The van der Waals surface area contributed by atoms with Gasteiger partial charge in [0.1, 0.15) is 5.82 Å². The highest BCUT2D eigenvalue weighted by Gasteiger charge is 2.13. The standard InChI is InChI=1S/C20H31N5O/c1-14(2)13-25-16(4)18(15(3)23-25)7-8-20(26)22-12-17-9-10-21-19(11-17)24(5)6/h9-11,14H,7-8,12-13H2,1-6H3,(H,22,26). The lowest BCUT2D eigenvalue weighted by Crippen LogP contribution is -2.23. The zero-order valence-corrected chi connectivity index (χ0v) is 16.8. The lowest BCUT2D eigenvalue weighted by atomic mass is 10.1. The number of hydrogen-bond acceptors (Lipinski definition) is 4. The number of anilines is 1. The third kappa shape index (κ3) is 5.31. The van der Waals surface area contributed by atoms with Crippen LogP contribution in [0.4, 0.5) is 5.82 Å². The highest BCUT2D eigenvalue weighted by Crippen LogP contribution is 2.16. The number of rotatable bonds is 8. The monoisotopic (exact) mass is 357 g/mol. The zero-order valence-electron chi connectivity index (χ0n) is 16.8. The van der Waals surface area contributed by atoms with Crippen LogP contribution >= 0.6 is 0 Å². The molecule has 0 spiro atoms. The van der Waals surface area contributed by atoms with Crippen molar-refractivity contribution in [1.29, 1.82) is 0 Å². The molecule has 0 aliphatic heterocycles. The van der Waals surface area contributed by atoms with Gasteiger partial charge in [-0.2, -0.15) is 5.10 Å². The third-order valence-corrected chi connectivity index (χ3v) is 4.43. The van der Waals surface area contributed by atoms with Gasteiger partial charge in [0.05, 0.1) is 5.69 Å². The van der Waals surface area contributed by atoms with Crippen LogP contribution in [0, 0.1) is 19.8 Å². The molecule has 142 valence electrons. The van der Waals surface area contributed by atoms with E-state index in [2.05, 4.69) is 40.9 Å². The van der Waals surface area contributed by atoms with E-state index in [1.807, 2.05) is 38.1 Å². The molecule has 26 heavy (non-hydrogen) atoms. The molecule has 0 unspecified atom stereocenters. The van der Waals surface area contributed by atoms with Crippen LogP contribution in [0.25, 0.3) is 0 Å². The maximum Gasteiger partial charge on any atom is 0.220 e. The fraction of sp³-hybridized carbons (Fsp3) is 0.550. The lowest BCUT2D eigenvalue weighted by Gasteiger charge is -2.12. The molecule has 2 heterocycles. The maximum atomic E-state index is 12.3. The Balaban J connectivity index is 1.89. The normalized spacial score (nSPS) is 11.0. The highest BCUT2D eigenvalue weighted by atomic mass is 16.1. The minimum Gasteiger partial charge on any atom is -0.363 e. The molecule has 0 saturated carbocycles. The van der Waals surface area contributed by atoms with Crippen molar-refractivity contribution in [2.24, 2.45) is 5.92 Å². The van der Waals surface area contributed by atoms with Gasteiger partial charge in [-0.15, -0.1) is 0 Å². The molecule has 0 fully saturated rings. The highest BCUT2D eigenvalue weighted by molar-refractivity contribution is 5.76. The van der Waals surface area contributed by atoms with Crippen molar-refractivity contribution in [2.45, 2.75) is 53.6 Å². The second kappa shape index (κ2) is 8.83. The van der Waals surface area contributed by atoms with Crippen molar-refractivity contribution < 1.29 is 4.79 Å². The van der Waals surface area contributed by atoms with E-state index in [0.29, 0.717) is 18.9 Å². The summed E-state index contributed by atoms with van der Waals surface area (Å²) in [6, 6.07) is 3.92. The van der Waals surface area contributed by atoms with Gasteiger partial charge in [0, 0.05) is 45.5 Å². The Labute approximate surface area is 156 Å². The smallest absolute Gasteiger partial charge is 0.220 e. The predicted octanol–water partition coefficient (Wildman–Crippen LogP) is 2.87. The molecular weight excluding hydrogens is 326 g/mol. The Kier molecular flexibility index (Phi) is 6.77. The molecule has 0 aromatic carbocycles. The molecule has 0 aliphatic rings. The van der Waals surface area contributed by atoms with E-state index in [4.69, 9.17) is 0 Å². The number of nitrogens with one attached hydrogen (secondary N) is 1. The SMILES string of the molecule is Cc1nn(CC(C)C)c(C)c1CCC(=O)NCc1ccnc(N(C)C)c1. The van der Waals surface area contributed by atoms with Crippen molar-refractivity contribution >= 4 is 11.7 Å². The number of amides is 1. The van der Waals surface area contributed by atoms with Crippen LogP contribution in [0.15, 0.2) is 18.3 Å². The number of hydrogen-bond donors (Lipinski definition) is 1. The second-order valence-electron chi connectivity index (χ2n) is 7.42. The van der Waals surface area contributed by atoms with Crippen molar-refractivity contribution in [2.75, 3.05) is 19.0 Å². The van der Waals surface area contributed by atoms with E-state index in [9.17, 15) is 4.79 Å². The Morgan fingerprint density at radius 2 is 2.04 bits per heavy atom. The summed E-state index contributed by atoms with van der Waals surface area (Å²) in [5.41, 5.74) is 4.45. The van der Waals surface area contributed by atoms with Gasteiger partial charge in [-0.25, -0.2) is 4.98 Å². The molecule has 6 nitrogen and oxygen atoms in total. The van der Waals surface area contributed by atoms with E-state index >= 15 is 0 Å². The van der Waals surface area contributed by atoms with Gasteiger partial charge in [-0.1, -0.05) is 13.8 Å². The van der Waals surface area contributed by atoms with Crippen LogP contribution in [-0.4, -0.2) is 34.8 Å². The van der Waals surface area contributed by atoms with E-state index in [-0.39, 0.29) is 5.91 Å². The van der Waals surface area contributed by atoms with Crippen LogP contribution in [0.5, 0.6) is 0 Å². The maximum absolute atomic E-state index is 12.3. The summed E-state index contributed by atoms with van der Waals surface area (Å²) in [6.07, 6.45) is 2.97. The first-order valence-electron chi connectivity index (χ1n) is 9.19. The topological polar surface area (TPSA) is 63.1 Å². The van der Waals surface area contributed by atoms with Gasteiger partial charge in [0.15, 0.2) is 0 Å². The Morgan fingerprint density at radius 3 is 2.69 bits per heavy atom. The Hall–Kier alpha value is -2.37. The van der Waals surface area contributed by atoms with Gasteiger partial charge < -0.3 is 10.2 Å². The van der Waals surface area contributed by atoms with Crippen LogP contribution < -0.4 is 10.2 Å². The summed E-state index contributed by atoms with van der Waals surface area (Å²) in [6.45, 7) is 9.92. The zero-order chi connectivity index (χ0) is 19.3. The molecule has 0 atom stereocenters. The van der Waals surface area contributed by atoms with Gasteiger partial charge in [0.2, 0.25) is 5.91 Å². The van der Waals surface area contributed by atoms with Gasteiger partial charge in [-0.3, -0.25) is 9.48 Å². The van der Waals surface area contributed by atoms with Gasteiger partial charge >= 0.3 is 0 Å². The van der Waals surface area contributed by atoms with Crippen molar-refractivity contribution in [3.05, 3.63) is 40.8 Å². The summed E-state index contributed by atoms with van der Waals surface area (Å²) in [7, 11) is 3.91. The second-order valence-corrected chi connectivity index (χ2v) is 7.42. The van der Waals surface area contributed by atoms with Crippen molar-refractivity contribution in [3.63, 3.8) is 0 Å². The molecule has 2 aromatic heterocycles. The van der Waals surface area contributed by atoms with Crippen molar-refractivity contribution in [1.82, 2.24) is 20.1 Å². The molecule has 6 heteroatoms. The summed E-state index contributed by atoms with van der Waals surface area (Å²) < 4.78 is 2.06. The molecule has 1 amide bonds. The van der Waals surface area contributed by atoms with Crippen LogP contribution in [-0.2, 0) is 24.3 Å². The van der Waals surface area contributed by atoms with E-state index < -0.39 is 0 Å². The molecule has 2 rings (SSSR count). The van der Waals surface area contributed by atoms with Gasteiger partial charge in [0.25, 0.3) is 0 Å². The molecular formula is C20H31N5O.